The Bertz CT molecular complexity index is 274. The number of carbonyl (C=O) groups is 1. The van der Waals surface area contributed by atoms with Crippen LogP contribution >= 0.6 is 0 Å². The minimum absolute atomic E-state index is 0.0269. The highest BCUT2D eigenvalue weighted by Crippen LogP contribution is 1.83. The molecule has 14 heavy (non-hydrogen) atoms. The van der Waals surface area contributed by atoms with Gasteiger partial charge in [-0.3, -0.25) is 4.79 Å². The quantitative estimate of drug-likeness (QED) is 0.591. The van der Waals surface area contributed by atoms with Crippen molar-refractivity contribution in [3.8, 4) is 0 Å². The monoisotopic (exact) mass is 222 g/mol. The summed E-state index contributed by atoms with van der Waals surface area (Å²) in [6.45, 7) is 3.06. The number of nitrogens with zero attached hydrogens (tertiary/aromatic N) is 1. The van der Waals surface area contributed by atoms with Crippen molar-refractivity contribution in [2.24, 2.45) is 0 Å². The third-order valence-corrected chi connectivity index (χ3v) is 2.77. The Morgan fingerprint density at radius 1 is 1.43 bits per heavy atom. The number of nitrogens with one attached hydrogen (secondary N) is 1. The van der Waals surface area contributed by atoms with Gasteiger partial charge in [0, 0.05) is 26.4 Å². The molecule has 0 aromatic heterocycles. The molecule has 0 radical (unpaired) electrons. The van der Waals surface area contributed by atoms with Crippen molar-refractivity contribution < 1.29 is 13.2 Å². The maximum absolute atomic E-state index is 11.2. The van der Waals surface area contributed by atoms with Gasteiger partial charge < -0.3 is 10.2 Å². The number of hydrogen-bond donors (Lipinski definition) is 1. The molecule has 0 rings (SSSR count). The third-order valence-electron chi connectivity index (χ3n) is 1.83. The van der Waals surface area contributed by atoms with Crippen LogP contribution in [0.3, 0.4) is 0 Å². The van der Waals surface area contributed by atoms with E-state index in [-0.39, 0.29) is 18.2 Å². The standard InChI is InChI=1S/C8H18N2O3S/c1-4-10(2)8(11)7-9-5-6-14(3,12)13/h9H,4-7H2,1-3H3. The topological polar surface area (TPSA) is 66.5 Å². The summed E-state index contributed by atoms with van der Waals surface area (Å²) < 4.78 is 21.5. The first-order valence-electron chi connectivity index (χ1n) is 4.49. The van der Waals surface area contributed by atoms with Gasteiger partial charge in [-0.2, -0.15) is 0 Å². The summed E-state index contributed by atoms with van der Waals surface area (Å²) in [5.74, 6) is 0.0387. The Kier molecular flexibility index (Phi) is 5.71. The average Bonchev–Trinajstić information content (AvgIpc) is 2.09. The number of rotatable bonds is 6. The Labute approximate surface area is 85.4 Å². The second kappa shape index (κ2) is 5.98. The molecule has 5 nitrogen and oxygen atoms in total. The van der Waals surface area contributed by atoms with Crippen molar-refractivity contribution in [3.63, 3.8) is 0 Å². The van der Waals surface area contributed by atoms with E-state index in [9.17, 15) is 13.2 Å². The van der Waals surface area contributed by atoms with Crippen LogP contribution in [0.2, 0.25) is 0 Å². The second-order valence-electron chi connectivity index (χ2n) is 3.21. The zero-order chi connectivity index (χ0) is 11.2. The van der Waals surface area contributed by atoms with Gasteiger partial charge >= 0.3 is 0 Å². The highest BCUT2D eigenvalue weighted by Gasteiger charge is 2.06. The molecule has 0 fully saturated rings. The molecule has 0 unspecified atom stereocenters. The van der Waals surface area contributed by atoms with Crippen LogP contribution in [0.4, 0.5) is 0 Å². The van der Waals surface area contributed by atoms with E-state index in [0.717, 1.165) is 0 Å². The molecule has 0 bridgehead atoms. The zero-order valence-electron chi connectivity index (χ0n) is 8.91. The molecule has 0 atom stereocenters. The van der Waals surface area contributed by atoms with Crippen molar-refractivity contribution in [2.45, 2.75) is 6.92 Å². The molecule has 84 valence electrons. The molecule has 0 aliphatic rings. The summed E-state index contributed by atoms with van der Waals surface area (Å²) in [4.78, 5) is 12.8. The van der Waals surface area contributed by atoms with E-state index in [1.807, 2.05) is 6.92 Å². The summed E-state index contributed by atoms with van der Waals surface area (Å²) in [5, 5.41) is 2.79. The first kappa shape index (κ1) is 13.4. The molecule has 0 saturated carbocycles. The molecule has 0 aliphatic carbocycles. The van der Waals surface area contributed by atoms with Gasteiger partial charge in [0.25, 0.3) is 0 Å². The van der Waals surface area contributed by atoms with E-state index in [1.165, 1.54) is 6.26 Å². The molecule has 0 aromatic rings. The van der Waals surface area contributed by atoms with Crippen molar-refractivity contribution in [1.82, 2.24) is 10.2 Å². The molecular weight excluding hydrogens is 204 g/mol. The summed E-state index contributed by atoms with van der Waals surface area (Å²) in [6, 6.07) is 0. The lowest BCUT2D eigenvalue weighted by molar-refractivity contribution is -0.128. The van der Waals surface area contributed by atoms with Crippen LogP contribution < -0.4 is 5.32 Å². The van der Waals surface area contributed by atoms with E-state index in [4.69, 9.17) is 0 Å². The molecule has 6 heteroatoms. The fraction of sp³-hybridized carbons (Fsp3) is 0.875. The van der Waals surface area contributed by atoms with Gasteiger partial charge in [-0.1, -0.05) is 0 Å². The number of carbonyl (C=O) groups excluding carboxylic acids is 1. The predicted molar refractivity (Wildman–Crippen MR) is 55.9 cm³/mol. The molecule has 0 aliphatic heterocycles. The van der Waals surface area contributed by atoms with Crippen LogP contribution in [-0.4, -0.2) is 57.9 Å². The van der Waals surface area contributed by atoms with Crippen molar-refractivity contribution in [2.75, 3.05) is 38.7 Å². The summed E-state index contributed by atoms with van der Waals surface area (Å²) in [6.07, 6.45) is 1.18. The smallest absolute Gasteiger partial charge is 0.236 e. The first-order valence-corrected chi connectivity index (χ1v) is 6.55. The third kappa shape index (κ3) is 6.85. The van der Waals surface area contributed by atoms with Gasteiger partial charge in [0.05, 0.1) is 12.3 Å². The van der Waals surface area contributed by atoms with Gasteiger partial charge in [0.1, 0.15) is 9.84 Å². The minimum atomic E-state index is -2.94. The fourth-order valence-corrected chi connectivity index (χ4v) is 1.28. The van der Waals surface area contributed by atoms with Crippen LogP contribution in [0.1, 0.15) is 6.92 Å². The van der Waals surface area contributed by atoms with Crippen molar-refractivity contribution in [1.29, 1.82) is 0 Å². The van der Waals surface area contributed by atoms with E-state index in [1.54, 1.807) is 11.9 Å². The Morgan fingerprint density at radius 2 is 2.00 bits per heavy atom. The summed E-state index contributed by atoms with van der Waals surface area (Å²) in [5.41, 5.74) is 0. The van der Waals surface area contributed by atoms with Crippen LogP contribution in [0.25, 0.3) is 0 Å². The van der Waals surface area contributed by atoms with Gasteiger partial charge in [-0.25, -0.2) is 8.42 Å². The molecule has 0 spiro atoms. The number of amides is 1. The number of sulfone groups is 1. The fourth-order valence-electron chi connectivity index (χ4n) is 0.764. The van der Waals surface area contributed by atoms with Crippen molar-refractivity contribution >= 4 is 15.7 Å². The lowest BCUT2D eigenvalue weighted by Gasteiger charge is -2.14. The molecule has 0 aromatic carbocycles. The van der Waals surface area contributed by atoms with Crippen LogP contribution in [-0.2, 0) is 14.6 Å². The lowest BCUT2D eigenvalue weighted by atomic mass is 10.5. The zero-order valence-corrected chi connectivity index (χ0v) is 9.73. The number of likely N-dealkylation sites (N-methyl/N-ethyl adjacent to an activating group) is 1. The number of hydrogen-bond acceptors (Lipinski definition) is 4. The minimum Gasteiger partial charge on any atom is -0.345 e. The Hall–Kier alpha value is -0.620. The highest BCUT2D eigenvalue weighted by molar-refractivity contribution is 7.90. The molecule has 0 heterocycles. The van der Waals surface area contributed by atoms with Crippen LogP contribution in [0, 0.1) is 0 Å². The highest BCUT2D eigenvalue weighted by atomic mass is 32.2. The SMILES string of the molecule is CCN(C)C(=O)CNCCS(C)(=O)=O. The van der Waals surface area contributed by atoms with Crippen molar-refractivity contribution in [3.05, 3.63) is 0 Å². The summed E-state index contributed by atoms with van der Waals surface area (Å²) in [7, 11) is -1.23. The molecule has 0 saturated heterocycles. The van der Waals surface area contributed by atoms with E-state index >= 15 is 0 Å². The molecule has 1 N–H and O–H groups in total. The molecule has 1 amide bonds. The molecular formula is C8H18N2O3S. The van der Waals surface area contributed by atoms with Gasteiger partial charge in [-0.15, -0.1) is 0 Å². The van der Waals surface area contributed by atoms with Crippen LogP contribution in [0.5, 0.6) is 0 Å². The van der Waals surface area contributed by atoms with Gasteiger partial charge in [0.2, 0.25) is 5.91 Å². The average molecular weight is 222 g/mol. The summed E-state index contributed by atoms with van der Waals surface area (Å²) >= 11 is 0. The maximum Gasteiger partial charge on any atom is 0.236 e. The second-order valence-corrected chi connectivity index (χ2v) is 5.47. The van der Waals surface area contributed by atoms with E-state index in [0.29, 0.717) is 13.1 Å². The first-order chi connectivity index (χ1) is 6.37. The van der Waals surface area contributed by atoms with Gasteiger partial charge in [-0.05, 0) is 6.92 Å². The van der Waals surface area contributed by atoms with E-state index < -0.39 is 9.84 Å². The van der Waals surface area contributed by atoms with E-state index in [2.05, 4.69) is 5.32 Å². The maximum atomic E-state index is 11.2. The Balaban J connectivity index is 3.61. The lowest BCUT2D eigenvalue weighted by Crippen LogP contribution is -2.36. The normalized spacial score (nSPS) is 11.4. The largest absolute Gasteiger partial charge is 0.345 e. The van der Waals surface area contributed by atoms with Crippen LogP contribution in [0.15, 0.2) is 0 Å². The van der Waals surface area contributed by atoms with Gasteiger partial charge in [0.15, 0.2) is 0 Å². The predicted octanol–water partition coefficient (Wildman–Crippen LogP) is -0.901. The Morgan fingerprint density at radius 3 is 2.43 bits per heavy atom.